The second-order valence-corrected chi connectivity index (χ2v) is 10.9. The number of rotatable bonds is 9. The highest BCUT2D eigenvalue weighted by molar-refractivity contribution is 5.88. The predicted octanol–water partition coefficient (Wildman–Crippen LogP) is 6.26. The first-order valence-electron chi connectivity index (χ1n) is 13.2. The van der Waals surface area contributed by atoms with Crippen molar-refractivity contribution in [2.45, 2.75) is 52.7 Å². The van der Waals surface area contributed by atoms with Crippen molar-refractivity contribution in [1.82, 2.24) is 20.0 Å². The maximum atomic E-state index is 15.4. The molecule has 2 aromatic heterocycles. The maximum absolute atomic E-state index is 15.4. The van der Waals surface area contributed by atoms with Crippen molar-refractivity contribution in [3.8, 4) is 11.8 Å². The first-order valence-corrected chi connectivity index (χ1v) is 13.2. The number of nitrogens with one attached hydrogen (secondary N) is 1. The average Bonchev–Trinajstić information content (AvgIpc) is 3.47. The van der Waals surface area contributed by atoms with Gasteiger partial charge in [-0.1, -0.05) is 43.8 Å². The molecule has 4 rings (SSSR count). The van der Waals surface area contributed by atoms with E-state index in [2.05, 4.69) is 33.1 Å². The normalized spacial score (nSPS) is 12.7. The number of carbonyl (C=O) groups is 1. The summed E-state index contributed by atoms with van der Waals surface area (Å²) in [6.45, 7) is 13.1. The molecule has 0 amide bonds. The van der Waals surface area contributed by atoms with Crippen molar-refractivity contribution in [2.75, 3.05) is 5.32 Å². The Labute approximate surface area is 239 Å². The number of carbonyl (C=O) groups excluding carboxylic acids is 1. The maximum Gasteiger partial charge on any atom is 0.334 e. The van der Waals surface area contributed by atoms with Gasteiger partial charge in [0.05, 0.1) is 41.4 Å². The lowest BCUT2D eigenvalue weighted by Gasteiger charge is -2.29. The van der Waals surface area contributed by atoms with Crippen LogP contribution in [0.2, 0.25) is 0 Å². The Bertz CT molecular complexity index is 1590. The highest BCUT2D eigenvalue weighted by Crippen LogP contribution is 2.34. The number of hydrogen-bond donors (Lipinski definition) is 1. The minimum absolute atomic E-state index is 0.200. The van der Waals surface area contributed by atoms with Crippen molar-refractivity contribution >= 4 is 11.7 Å². The number of pyridine rings is 1. The van der Waals surface area contributed by atoms with Gasteiger partial charge in [-0.3, -0.25) is 4.98 Å². The van der Waals surface area contributed by atoms with Crippen molar-refractivity contribution < 1.29 is 13.9 Å². The molecule has 2 aromatic carbocycles. The van der Waals surface area contributed by atoms with Crippen LogP contribution in [0.25, 0.3) is 5.69 Å². The van der Waals surface area contributed by atoms with E-state index in [-0.39, 0.29) is 16.8 Å². The molecule has 4 aromatic rings. The van der Waals surface area contributed by atoms with Crippen LogP contribution in [0.15, 0.2) is 79.3 Å². The number of nitriles is 1. The van der Waals surface area contributed by atoms with Gasteiger partial charge < -0.3 is 10.1 Å². The molecule has 0 unspecified atom stereocenters. The van der Waals surface area contributed by atoms with Gasteiger partial charge in [-0.2, -0.15) is 15.5 Å². The van der Waals surface area contributed by atoms with Crippen molar-refractivity contribution in [1.29, 1.82) is 5.26 Å². The number of ether oxygens (including phenoxy) is 1. The Morgan fingerprint density at radius 2 is 1.85 bits per heavy atom. The van der Waals surface area contributed by atoms with Crippen LogP contribution >= 0.6 is 0 Å². The second kappa shape index (κ2) is 12.1. The molecule has 0 spiro atoms. The topological polar surface area (TPSA) is 106 Å². The minimum Gasteiger partial charge on any atom is -0.457 e. The van der Waals surface area contributed by atoms with Crippen LogP contribution < -0.4 is 5.32 Å². The summed E-state index contributed by atoms with van der Waals surface area (Å²) < 4.78 is 21.0. The zero-order valence-electron chi connectivity index (χ0n) is 23.9. The standard InChI is InChI=1S/C32H33FN6O2/c1-20(21(2)31(40)41-32(4,5)6)30(24-10-8-7-9-11-24)38-28-17-25(26(18-34)16-27(28)33)14-23-15-29(22(3)35-19-23)39-36-12-13-37-39/h7-13,15-17,19-20,30,38H,2,14H2,1,3-6H3/t20-,30+/m1/s1. The van der Waals surface area contributed by atoms with Crippen LogP contribution in [0.1, 0.15) is 61.7 Å². The number of hydrogen-bond acceptors (Lipinski definition) is 7. The molecule has 0 saturated heterocycles. The largest absolute Gasteiger partial charge is 0.457 e. The summed E-state index contributed by atoms with van der Waals surface area (Å²) in [5, 5.41) is 21.5. The van der Waals surface area contributed by atoms with Crippen LogP contribution in [0.4, 0.5) is 10.1 Å². The summed E-state index contributed by atoms with van der Waals surface area (Å²) in [4.78, 5) is 18.8. The van der Waals surface area contributed by atoms with Crippen LogP contribution in [0.3, 0.4) is 0 Å². The van der Waals surface area contributed by atoms with Crippen molar-refractivity contribution in [3.05, 3.63) is 113 Å². The summed E-state index contributed by atoms with van der Waals surface area (Å²) in [6, 6.07) is 15.8. The molecule has 0 bridgehead atoms. The molecule has 0 aliphatic rings. The molecule has 0 aliphatic carbocycles. The van der Waals surface area contributed by atoms with Gasteiger partial charge in [0.25, 0.3) is 0 Å². The number of halogens is 1. The van der Waals surface area contributed by atoms with Crippen molar-refractivity contribution in [2.24, 2.45) is 5.92 Å². The van der Waals surface area contributed by atoms with Gasteiger partial charge in [0.1, 0.15) is 17.1 Å². The van der Waals surface area contributed by atoms with Gasteiger partial charge in [-0.15, -0.1) is 4.80 Å². The van der Waals surface area contributed by atoms with E-state index >= 15 is 4.39 Å². The molecular weight excluding hydrogens is 519 g/mol. The fourth-order valence-corrected chi connectivity index (χ4v) is 4.46. The third-order valence-corrected chi connectivity index (χ3v) is 6.64. The zero-order chi connectivity index (χ0) is 29.7. The summed E-state index contributed by atoms with van der Waals surface area (Å²) in [5.41, 5.74) is 3.73. The lowest BCUT2D eigenvalue weighted by molar-refractivity contribution is -0.150. The van der Waals surface area contributed by atoms with Crippen LogP contribution in [0.5, 0.6) is 0 Å². The Balaban J connectivity index is 1.68. The van der Waals surface area contributed by atoms with Gasteiger partial charge in [0.15, 0.2) is 0 Å². The molecule has 210 valence electrons. The number of benzene rings is 2. The van der Waals surface area contributed by atoms with E-state index in [0.717, 1.165) is 16.8 Å². The van der Waals surface area contributed by atoms with E-state index in [1.54, 1.807) is 45.4 Å². The molecule has 41 heavy (non-hydrogen) atoms. The summed E-state index contributed by atoms with van der Waals surface area (Å²) >= 11 is 0. The Kier molecular flexibility index (Phi) is 8.62. The van der Waals surface area contributed by atoms with Crippen molar-refractivity contribution in [3.63, 3.8) is 0 Å². The molecule has 0 radical (unpaired) electrons. The Morgan fingerprint density at radius 3 is 2.49 bits per heavy atom. The number of nitrogens with zero attached hydrogens (tertiary/aromatic N) is 5. The Hall–Kier alpha value is -4.84. The molecule has 8 nitrogen and oxygen atoms in total. The van der Waals surface area contributed by atoms with Crippen LogP contribution in [0, 0.1) is 30.0 Å². The van der Waals surface area contributed by atoms with E-state index in [9.17, 15) is 10.1 Å². The molecule has 2 atom stereocenters. The summed E-state index contributed by atoms with van der Waals surface area (Å²) in [5.74, 6) is -1.54. The lowest BCUT2D eigenvalue weighted by atomic mass is 9.88. The number of aryl methyl sites for hydroxylation is 1. The third kappa shape index (κ3) is 7.03. The fourth-order valence-electron chi connectivity index (χ4n) is 4.46. The quantitative estimate of drug-likeness (QED) is 0.193. The summed E-state index contributed by atoms with van der Waals surface area (Å²) in [6.07, 6.45) is 5.22. The SMILES string of the molecule is C=C(C(=O)OC(C)(C)C)[C@@H](C)[C@H](Nc1cc(Cc2cnc(C)c(-n3nccn3)c2)c(C#N)cc1F)c1ccccc1. The van der Waals surface area contributed by atoms with E-state index in [0.29, 0.717) is 17.7 Å². The van der Waals surface area contributed by atoms with Gasteiger partial charge in [-0.05, 0) is 62.6 Å². The highest BCUT2D eigenvalue weighted by atomic mass is 19.1. The molecule has 0 saturated carbocycles. The summed E-state index contributed by atoms with van der Waals surface area (Å²) in [7, 11) is 0. The molecule has 0 aliphatic heterocycles. The average molecular weight is 553 g/mol. The number of esters is 1. The predicted molar refractivity (Wildman–Crippen MR) is 155 cm³/mol. The van der Waals surface area contributed by atoms with Gasteiger partial charge in [0, 0.05) is 24.1 Å². The monoisotopic (exact) mass is 552 g/mol. The van der Waals surface area contributed by atoms with Gasteiger partial charge in [-0.25, -0.2) is 9.18 Å². The first-order chi connectivity index (χ1) is 19.5. The fraction of sp³-hybridized carbons (Fsp3) is 0.281. The van der Waals surface area contributed by atoms with E-state index in [1.165, 1.54) is 10.9 Å². The molecule has 0 fully saturated rings. The number of anilines is 1. The third-order valence-electron chi connectivity index (χ3n) is 6.64. The molecule has 2 heterocycles. The van der Waals surface area contributed by atoms with Gasteiger partial charge >= 0.3 is 5.97 Å². The smallest absolute Gasteiger partial charge is 0.334 e. The van der Waals surface area contributed by atoms with E-state index in [1.807, 2.05) is 50.2 Å². The first kappa shape index (κ1) is 29.2. The molecule has 9 heteroatoms. The zero-order valence-corrected chi connectivity index (χ0v) is 23.9. The van der Waals surface area contributed by atoms with Crippen LogP contribution in [-0.2, 0) is 16.0 Å². The minimum atomic E-state index is -0.679. The van der Waals surface area contributed by atoms with Crippen LogP contribution in [-0.4, -0.2) is 31.5 Å². The lowest BCUT2D eigenvalue weighted by Crippen LogP contribution is -2.29. The van der Waals surface area contributed by atoms with Gasteiger partial charge in [0.2, 0.25) is 0 Å². The highest BCUT2D eigenvalue weighted by Gasteiger charge is 2.29. The van der Waals surface area contributed by atoms with E-state index in [4.69, 9.17) is 4.74 Å². The van der Waals surface area contributed by atoms with E-state index < -0.39 is 29.3 Å². The Morgan fingerprint density at radius 1 is 1.17 bits per heavy atom. The second-order valence-electron chi connectivity index (χ2n) is 10.9. The molecular formula is C32H33FN6O2. The number of aromatic nitrogens is 4. The molecule has 1 N–H and O–H groups in total.